The van der Waals surface area contributed by atoms with Crippen molar-refractivity contribution in [1.29, 1.82) is 0 Å². The van der Waals surface area contributed by atoms with Gasteiger partial charge in [-0.2, -0.15) is 0 Å². The molecule has 2 aromatic rings. The van der Waals surface area contributed by atoms with Gasteiger partial charge in [-0.1, -0.05) is 6.92 Å². The zero-order valence-electron chi connectivity index (χ0n) is 15.7. The molecule has 1 aliphatic rings. The minimum absolute atomic E-state index is 0.0712. The molecule has 1 aliphatic heterocycles. The molecule has 2 N–H and O–H groups in total. The van der Waals surface area contributed by atoms with Gasteiger partial charge in [0.1, 0.15) is 23.5 Å². The largest absolute Gasteiger partial charge is 0.494 e. The lowest BCUT2D eigenvalue weighted by atomic mass is 10.0. The molecule has 0 bridgehead atoms. The third kappa shape index (κ3) is 4.24. The van der Waals surface area contributed by atoms with Gasteiger partial charge in [0.05, 0.1) is 12.6 Å². The monoisotopic (exact) mass is 391 g/mol. The molecule has 1 fully saturated rings. The SMILES string of the molecule is CCOc1cc(F)cc(C(=O)NCC2C(C)CCN2C(=O)c2coc(=O)[nH]2)c1. The van der Waals surface area contributed by atoms with Crippen molar-refractivity contribution in [3.8, 4) is 5.75 Å². The minimum atomic E-state index is -0.698. The average Bonchev–Trinajstić information content (AvgIpc) is 3.24. The van der Waals surface area contributed by atoms with Crippen molar-refractivity contribution in [3.05, 3.63) is 52.1 Å². The lowest BCUT2D eigenvalue weighted by Gasteiger charge is -2.26. The first-order valence-electron chi connectivity index (χ1n) is 9.09. The third-order valence-electron chi connectivity index (χ3n) is 4.81. The van der Waals surface area contributed by atoms with Gasteiger partial charge in [0.2, 0.25) is 0 Å². The zero-order chi connectivity index (χ0) is 20.3. The lowest BCUT2D eigenvalue weighted by molar-refractivity contribution is 0.0703. The van der Waals surface area contributed by atoms with Crippen molar-refractivity contribution >= 4 is 11.8 Å². The van der Waals surface area contributed by atoms with Gasteiger partial charge in [-0.15, -0.1) is 0 Å². The molecule has 150 valence electrons. The zero-order valence-corrected chi connectivity index (χ0v) is 15.7. The number of carbonyl (C=O) groups excluding carboxylic acids is 2. The normalized spacial score (nSPS) is 18.9. The Morgan fingerprint density at radius 2 is 2.18 bits per heavy atom. The van der Waals surface area contributed by atoms with E-state index in [1.165, 1.54) is 12.1 Å². The van der Waals surface area contributed by atoms with Gasteiger partial charge in [-0.3, -0.25) is 14.6 Å². The van der Waals surface area contributed by atoms with Gasteiger partial charge in [-0.25, -0.2) is 9.18 Å². The molecule has 8 nitrogen and oxygen atoms in total. The molecule has 2 amide bonds. The number of rotatable bonds is 6. The first kappa shape index (κ1) is 19.7. The molecule has 1 aromatic heterocycles. The second kappa shape index (κ2) is 8.28. The molecule has 0 radical (unpaired) electrons. The molecule has 2 unspecified atom stereocenters. The minimum Gasteiger partial charge on any atom is -0.494 e. The Balaban J connectivity index is 1.69. The van der Waals surface area contributed by atoms with Gasteiger partial charge in [-0.05, 0) is 31.4 Å². The topological polar surface area (TPSA) is 105 Å². The van der Waals surface area contributed by atoms with E-state index in [0.717, 1.165) is 18.8 Å². The van der Waals surface area contributed by atoms with Crippen molar-refractivity contribution in [2.24, 2.45) is 5.92 Å². The van der Waals surface area contributed by atoms with Crippen LogP contribution in [-0.4, -0.2) is 47.4 Å². The van der Waals surface area contributed by atoms with E-state index in [9.17, 15) is 18.8 Å². The number of aromatic amines is 1. The number of hydrogen-bond acceptors (Lipinski definition) is 5. The predicted molar refractivity (Wildman–Crippen MR) is 97.8 cm³/mol. The molecule has 0 saturated carbocycles. The summed E-state index contributed by atoms with van der Waals surface area (Å²) < 4.78 is 23.6. The molecule has 2 atom stereocenters. The summed E-state index contributed by atoms with van der Waals surface area (Å²) in [6.07, 6.45) is 1.86. The highest BCUT2D eigenvalue weighted by Gasteiger charge is 2.35. The van der Waals surface area contributed by atoms with E-state index >= 15 is 0 Å². The van der Waals surface area contributed by atoms with Gasteiger partial charge in [0.15, 0.2) is 0 Å². The Kier molecular flexibility index (Phi) is 5.81. The second-order valence-corrected chi connectivity index (χ2v) is 6.71. The van der Waals surface area contributed by atoms with Crippen molar-refractivity contribution in [1.82, 2.24) is 15.2 Å². The van der Waals surface area contributed by atoms with Gasteiger partial charge < -0.3 is 19.4 Å². The number of H-pyrrole nitrogens is 1. The highest BCUT2D eigenvalue weighted by atomic mass is 19.1. The van der Waals surface area contributed by atoms with Crippen LogP contribution in [0, 0.1) is 11.7 Å². The molecule has 0 spiro atoms. The Morgan fingerprint density at radius 1 is 1.39 bits per heavy atom. The van der Waals surface area contributed by atoms with Crippen LogP contribution >= 0.6 is 0 Å². The van der Waals surface area contributed by atoms with E-state index in [0.29, 0.717) is 13.2 Å². The van der Waals surface area contributed by atoms with Crippen LogP contribution in [0.5, 0.6) is 5.75 Å². The first-order valence-corrected chi connectivity index (χ1v) is 9.09. The Morgan fingerprint density at radius 3 is 2.86 bits per heavy atom. The van der Waals surface area contributed by atoms with Crippen molar-refractivity contribution < 1.29 is 23.1 Å². The number of carbonyl (C=O) groups is 2. The van der Waals surface area contributed by atoms with E-state index < -0.39 is 17.5 Å². The number of nitrogens with one attached hydrogen (secondary N) is 2. The van der Waals surface area contributed by atoms with Crippen LogP contribution < -0.4 is 15.8 Å². The number of oxazole rings is 1. The quantitative estimate of drug-likeness (QED) is 0.781. The standard InChI is InChI=1S/C19H22FN3O5/c1-3-27-14-7-12(6-13(20)8-14)17(24)21-9-16-11(2)4-5-23(16)18(25)15-10-28-19(26)22-15/h6-8,10-11,16H,3-5,9H2,1-2H3,(H,21,24)(H,22,26). The fourth-order valence-corrected chi connectivity index (χ4v) is 3.35. The number of nitrogens with zero attached hydrogens (tertiary/aromatic N) is 1. The second-order valence-electron chi connectivity index (χ2n) is 6.71. The molecule has 1 aromatic carbocycles. The third-order valence-corrected chi connectivity index (χ3v) is 4.81. The highest BCUT2D eigenvalue weighted by molar-refractivity contribution is 5.95. The number of hydrogen-bond donors (Lipinski definition) is 2. The van der Waals surface area contributed by atoms with Crippen LogP contribution in [0.3, 0.4) is 0 Å². The summed E-state index contributed by atoms with van der Waals surface area (Å²) in [6, 6.07) is 3.56. The van der Waals surface area contributed by atoms with E-state index in [-0.39, 0.29) is 41.4 Å². The average molecular weight is 391 g/mol. The Bertz CT molecular complexity index is 922. The van der Waals surface area contributed by atoms with Gasteiger partial charge in [0, 0.05) is 24.7 Å². The molecular weight excluding hydrogens is 369 g/mol. The van der Waals surface area contributed by atoms with Crippen LogP contribution in [0.4, 0.5) is 4.39 Å². The van der Waals surface area contributed by atoms with Gasteiger partial charge in [0.25, 0.3) is 11.8 Å². The predicted octanol–water partition coefficient (Wildman–Crippen LogP) is 1.79. The van der Waals surface area contributed by atoms with Crippen molar-refractivity contribution in [2.75, 3.05) is 19.7 Å². The van der Waals surface area contributed by atoms with Crippen LogP contribution in [0.2, 0.25) is 0 Å². The fraction of sp³-hybridized carbons (Fsp3) is 0.421. The summed E-state index contributed by atoms with van der Waals surface area (Å²) in [5.41, 5.74) is 0.216. The van der Waals surface area contributed by atoms with Crippen LogP contribution in [0.1, 0.15) is 41.1 Å². The number of ether oxygens (including phenoxy) is 1. The number of aromatic nitrogens is 1. The molecule has 9 heteroatoms. The summed E-state index contributed by atoms with van der Waals surface area (Å²) in [5.74, 6) is -1.65. The smallest absolute Gasteiger partial charge is 0.416 e. The summed E-state index contributed by atoms with van der Waals surface area (Å²) in [4.78, 5) is 40.2. The highest BCUT2D eigenvalue weighted by Crippen LogP contribution is 2.25. The number of halogens is 1. The maximum absolute atomic E-state index is 13.7. The Hall–Kier alpha value is -3.10. The summed E-state index contributed by atoms with van der Waals surface area (Å²) >= 11 is 0. The summed E-state index contributed by atoms with van der Waals surface area (Å²) in [6.45, 7) is 4.82. The molecule has 0 aliphatic carbocycles. The van der Waals surface area contributed by atoms with Crippen molar-refractivity contribution in [2.45, 2.75) is 26.3 Å². The van der Waals surface area contributed by atoms with Crippen LogP contribution in [0.15, 0.2) is 33.7 Å². The summed E-state index contributed by atoms with van der Waals surface area (Å²) in [5, 5.41) is 2.76. The summed E-state index contributed by atoms with van der Waals surface area (Å²) in [7, 11) is 0. The maximum Gasteiger partial charge on any atom is 0.416 e. The molecule has 3 rings (SSSR count). The van der Waals surface area contributed by atoms with E-state index in [1.807, 2.05) is 6.92 Å². The molecular formula is C19H22FN3O5. The van der Waals surface area contributed by atoms with Gasteiger partial charge >= 0.3 is 5.76 Å². The molecule has 2 heterocycles. The van der Waals surface area contributed by atoms with Crippen LogP contribution in [-0.2, 0) is 0 Å². The molecule has 28 heavy (non-hydrogen) atoms. The Labute approximate surface area is 160 Å². The number of benzene rings is 1. The number of likely N-dealkylation sites (tertiary alicyclic amines) is 1. The number of amides is 2. The first-order chi connectivity index (χ1) is 13.4. The lowest BCUT2D eigenvalue weighted by Crippen LogP contribution is -2.45. The molecule has 1 saturated heterocycles. The maximum atomic E-state index is 13.7. The van der Waals surface area contributed by atoms with E-state index in [2.05, 4.69) is 14.7 Å². The van der Waals surface area contributed by atoms with E-state index in [4.69, 9.17) is 4.74 Å². The van der Waals surface area contributed by atoms with Crippen molar-refractivity contribution in [3.63, 3.8) is 0 Å². The van der Waals surface area contributed by atoms with E-state index in [1.54, 1.807) is 11.8 Å². The fourth-order valence-electron chi connectivity index (χ4n) is 3.35. The van der Waals surface area contributed by atoms with Crippen LogP contribution in [0.25, 0.3) is 0 Å².